The van der Waals surface area contributed by atoms with Gasteiger partial charge in [0.05, 0.1) is 11.6 Å². The first kappa shape index (κ1) is 24.7. The number of hydrogen-bond acceptors (Lipinski definition) is 4. The molecule has 4 saturated carbocycles. The third-order valence-electron chi connectivity index (χ3n) is 7.85. The molecule has 0 unspecified atom stereocenters. The molecule has 0 spiro atoms. The van der Waals surface area contributed by atoms with Crippen molar-refractivity contribution in [3.8, 4) is 11.5 Å². The first-order valence-corrected chi connectivity index (χ1v) is 13.1. The minimum Gasteiger partial charge on any atom is -0.490 e. The average Bonchev–Trinajstić information content (AvgIpc) is 2.69. The Kier molecular flexibility index (Phi) is 7.21. The summed E-state index contributed by atoms with van der Waals surface area (Å²) in [6.45, 7) is 11.3. The van der Waals surface area contributed by atoms with Crippen LogP contribution in [0.15, 0.2) is 12.1 Å². The standard InChI is InChI=1S/C27H41ClN2O3/c1-6-32-23-11-21(10-22(28)25(23)33-16-24(31)30-26(3,4)5)15-29-17(2)27-12-18-7-19(13-27)9-20(8-18)14-27/h10-11,17-20,29H,6-9,12-16H2,1-5H3,(H,30,31)/t17-,18?,19?,20?,27?/m1/s1. The molecule has 1 atom stereocenters. The lowest BCUT2D eigenvalue weighted by molar-refractivity contribution is -0.124. The maximum atomic E-state index is 12.2. The van der Waals surface area contributed by atoms with Crippen LogP contribution in [-0.2, 0) is 11.3 Å². The first-order chi connectivity index (χ1) is 15.6. The molecule has 1 amide bonds. The average molecular weight is 477 g/mol. The van der Waals surface area contributed by atoms with E-state index in [1.807, 2.05) is 39.8 Å². The van der Waals surface area contributed by atoms with Crippen molar-refractivity contribution in [3.05, 3.63) is 22.7 Å². The summed E-state index contributed by atoms with van der Waals surface area (Å²) in [4.78, 5) is 12.2. The van der Waals surface area contributed by atoms with Crippen molar-refractivity contribution >= 4 is 17.5 Å². The van der Waals surface area contributed by atoms with Gasteiger partial charge >= 0.3 is 0 Å². The number of amides is 1. The Bertz CT molecular complexity index is 828. The van der Waals surface area contributed by atoms with Crippen LogP contribution >= 0.6 is 11.6 Å². The summed E-state index contributed by atoms with van der Waals surface area (Å²) in [5.74, 6) is 3.69. The van der Waals surface area contributed by atoms with Crippen LogP contribution in [-0.4, -0.2) is 30.7 Å². The van der Waals surface area contributed by atoms with Crippen molar-refractivity contribution in [2.45, 2.75) is 91.3 Å². The highest BCUT2D eigenvalue weighted by atomic mass is 35.5. The maximum Gasteiger partial charge on any atom is 0.258 e. The van der Waals surface area contributed by atoms with Gasteiger partial charge in [-0.3, -0.25) is 4.79 Å². The van der Waals surface area contributed by atoms with Gasteiger partial charge in [0.1, 0.15) is 0 Å². The van der Waals surface area contributed by atoms with E-state index in [0.717, 1.165) is 29.9 Å². The predicted molar refractivity (Wildman–Crippen MR) is 133 cm³/mol. The molecular formula is C27H41ClN2O3. The lowest BCUT2D eigenvalue weighted by Crippen LogP contribution is -2.54. The van der Waals surface area contributed by atoms with Crippen LogP contribution < -0.4 is 20.1 Å². The number of carbonyl (C=O) groups excluding carboxylic acids is 1. The summed E-state index contributed by atoms with van der Waals surface area (Å²) in [7, 11) is 0. The second-order valence-corrected chi connectivity index (χ2v) is 12.2. The molecular weight excluding hydrogens is 436 g/mol. The molecule has 33 heavy (non-hydrogen) atoms. The summed E-state index contributed by atoms with van der Waals surface area (Å²) in [5.41, 5.74) is 1.23. The molecule has 5 nitrogen and oxygen atoms in total. The van der Waals surface area contributed by atoms with Crippen LogP contribution in [0.2, 0.25) is 5.02 Å². The van der Waals surface area contributed by atoms with E-state index in [4.69, 9.17) is 21.1 Å². The summed E-state index contributed by atoms with van der Waals surface area (Å²) < 4.78 is 11.6. The van der Waals surface area contributed by atoms with Gasteiger partial charge in [0.2, 0.25) is 0 Å². The highest BCUT2D eigenvalue weighted by Gasteiger charge is 2.52. The molecule has 4 aliphatic rings. The quantitative estimate of drug-likeness (QED) is 0.478. The predicted octanol–water partition coefficient (Wildman–Crippen LogP) is 5.73. The highest BCUT2D eigenvalue weighted by Crippen LogP contribution is 2.61. The van der Waals surface area contributed by atoms with E-state index >= 15 is 0 Å². The Morgan fingerprint density at radius 3 is 2.27 bits per heavy atom. The van der Waals surface area contributed by atoms with Gasteiger partial charge in [-0.2, -0.15) is 0 Å². The van der Waals surface area contributed by atoms with Gasteiger partial charge in [-0.1, -0.05) is 11.6 Å². The number of rotatable bonds is 9. The lowest BCUT2D eigenvalue weighted by atomic mass is 9.48. The van der Waals surface area contributed by atoms with Gasteiger partial charge < -0.3 is 20.1 Å². The molecule has 1 aromatic carbocycles. The number of benzene rings is 1. The molecule has 1 aromatic rings. The fourth-order valence-corrected chi connectivity index (χ4v) is 7.20. The number of nitrogens with one attached hydrogen (secondary N) is 2. The summed E-state index contributed by atoms with van der Waals surface area (Å²) in [5, 5.41) is 7.21. The van der Waals surface area contributed by atoms with Crippen molar-refractivity contribution in [2.75, 3.05) is 13.2 Å². The van der Waals surface area contributed by atoms with Crippen LogP contribution in [0.5, 0.6) is 11.5 Å². The number of hydrogen-bond donors (Lipinski definition) is 2. The molecule has 4 fully saturated rings. The Labute approximate surface area is 204 Å². The molecule has 0 heterocycles. The van der Waals surface area contributed by atoms with Gasteiger partial charge in [0.15, 0.2) is 18.1 Å². The minimum absolute atomic E-state index is 0.0995. The third-order valence-corrected chi connectivity index (χ3v) is 8.13. The summed E-state index contributed by atoms with van der Waals surface area (Å²) in [6.07, 6.45) is 8.57. The van der Waals surface area contributed by atoms with E-state index in [1.54, 1.807) is 0 Å². The van der Waals surface area contributed by atoms with E-state index in [-0.39, 0.29) is 18.1 Å². The molecule has 184 valence electrons. The van der Waals surface area contributed by atoms with Crippen LogP contribution in [0.4, 0.5) is 0 Å². The Morgan fingerprint density at radius 1 is 1.12 bits per heavy atom. The zero-order valence-corrected chi connectivity index (χ0v) is 21.7. The molecule has 0 saturated heterocycles. The van der Waals surface area contributed by atoms with E-state index in [2.05, 4.69) is 17.6 Å². The fraction of sp³-hybridized carbons (Fsp3) is 0.741. The van der Waals surface area contributed by atoms with Gasteiger partial charge in [0.25, 0.3) is 5.91 Å². The number of ether oxygens (including phenoxy) is 2. The maximum absolute atomic E-state index is 12.2. The second kappa shape index (κ2) is 9.65. The molecule has 5 rings (SSSR count). The van der Waals surface area contributed by atoms with Gasteiger partial charge in [-0.15, -0.1) is 0 Å². The number of halogens is 1. The molecule has 0 aliphatic heterocycles. The summed E-state index contributed by atoms with van der Waals surface area (Å²) >= 11 is 6.59. The van der Waals surface area contributed by atoms with E-state index in [0.29, 0.717) is 34.6 Å². The smallest absolute Gasteiger partial charge is 0.258 e. The topological polar surface area (TPSA) is 59.6 Å². The second-order valence-electron chi connectivity index (χ2n) is 11.8. The van der Waals surface area contributed by atoms with E-state index in [9.17, 15) is 4.79 Å². The molecule has 0 aromatic heterocycles. The first-order valence-electron chi connectivity index (χ1n) is 12.7. The zero-order chi connectivity index (χ0) is 23.8. The molecule has 4 bridgehead atoms. The van der Waals surface area contributed by atoms with Crippen molar-refractivity contribution in [3.63, 3.8) is 0 Å². The van der Waals surface area contributed by atoms with Crippen LogP contribution in [0.25, 0.3) is 0 Å². The molecule has 0 radical (unpaired) electrons. The van der Waals surface area contributed by atoms with Crippen LogP contribution in [0.3, 0.4) is 0 Å². The summed E-state index contributed by atoms with van der Waals surface area (Å²) in [6, 6.07) is 4.41. The van der Waals surface area contributed by atoms with Crippen molar-refractivity contribution < 1.29 is 14.3 Å². The molecule has 2 N–H and O–H groups in total. The molecule has 6 heteroatoms. The van der Waals surface area contributed by atoms with Crippen molar-refractivity contribution in [1.82, 2.24) is 10.6 Å². The molecule has 4 aliphatic carbocycles. The Hall–Kier alpha value is -1.46. The largest absolute Gasteiger partial charge is 0.490 e. The van der Waals surface area contributed by atoms with Crippen LogP contribution in [0.1, 0.15) is 78.7 Å². The van der Waals surface area contributed by atoms with E-state index < -0.39 is 0 Å². The lowest BCUT2D eigenvalue weighted by Gasteiger charge is -2.59. The van der Waals surface area contributed by atoms with E-state index in [1.165, 1.54) is 38.5 Å². The monoisotopic (exact) mass is 476 g/mol. The third kappa shape index (κ3) is 5.79. The zero-order valence-electron chi connectivity index (χ0n) is 20.9. The van der Waals surface area contributed by atoms with Gasteiger partial charge in [0, 0.05) is 18.1 Å². The Balaban J connectivity index is 1.40. The van der Waals surface area contributed by atoms with Gasteiger partial charge in [-0.25, -0.2) is 0 Å². The highest BCUT2D eigenvalue weighted by molar-refractivity contribution is 6.32. The van der Waals surface area contributed by atoms with Gasteiger partial charge in [-0.05, 0) is 114 Å². The fourth-order valence-electron chi connectivity index (χ4n) is 6.91. The minimum atomic E-state index is -0.310. The number of carbonyl (C=O) groups is 1. The van der Waals surface area contributed by atoms with Crippen molar-refractivity contribution in [2.24, 2.45) is 23.2 Å². The van der Waals surface area contributed by atoms with Crippen molar-refractivity contribution in [1.29, 1.82) is 0 Å². The SMILES string of the molecule is CCOc1cc(CN[C@H](C)C23CC4CC(CC(C4)C2)C3)cc(Cl)c1OCC(=O)NC(C)(C)C. The normalized spacial score (nSPS) is 29.1. The Morgan fingerprint density at radius 2 is 1.73 bits per heavy atom. The van der Waals surface area contributed by atoms with Crippen LogP contribution in [0, 0.1) is 23.2 Å².